The van der Waals surface area contributed by atoms with Gasteiger partial charge in [-0.15, -0.1) is 12.4 Å². The van der Waals surface area contributed by atoms with Gasteiger partial charge in [-0.25, -0.2) is 0 Å². The maximum absolute atomic E-state index is 6.03. The van der Waals surface area contributed by atoms with E-state index in [-0.39, 0.29) is 18.4 Å². The van der Waals surface area contributed by atoms with Crippen molar-refractivity contribution < 1.29 is 0 Å². The fraction of sp³-hybridized carbons (Fsp3) is 0.400. The van der Waals surface area contributed by atoms with E-state index in [1.165, 1.54) is 12.8 Å². The molecular weight excluding hydrogens is 240 g/mol. The Morgan fingerprint density at radius 1 is 1.29 bits per heavy atom. The lowest BCUT2D eigenvalue weighted by Gasteiger charge is -2.12. The van der Waals surface area contributed by atoms with E-state index < -0.39 is 0 Å². The first-order chi connectivity index (χ1) is 6.18. The molecule has 0 saturated heterocycles. The lowest BCUT2D eigenvalue weighted by Crippen LogP contribution is -2.12. The van der Waals surface area contributed by atoms with Crippen molar-refractivity contribution in [2.75, 3.05) is 0 Å². The number of rotatable bonds is 2. The standard InChI is InChI=1S/C10H11Cl2N.ClH/c11-7-3-4-9(12)8(5-7)10(13)6-1-2-6;/h3-6,10H,1-2,13H2;1H/t10-;/m1./s1. The van der Waals surface area contributed by atoms with Gasteiger partial charge < -0.3 is 5.73 Å². The fourth-order valence-corrected chi connectivity index (χ4v) is 1.90. The number of hydrogen-bond donors (Lipinski definition) is 1. The molecule has 0 aliphatic heterocycles. The monoisotopic (exact) mass is 251 g/mol. The third kappa shape index (κ3) is 2.54. The number of hydrogen-bond acceptors (Lipinski definition) is 1. The summed E-state index contributed by atoms with van der Waals surface area (Å²) in [6, 6.07) is 5.52. The summed E-state index contributed by atoms with van der Waals surface area (Å²) < 4.78 is 0. The Morgan fingerprint density at radius 3 is 2.50 bits per heavy atom. The predicted molar refractivity (Wildman–Crippen MR) is 63.4 cm³/mol. The molecule has 0 amide bonds. The fourth-order valence-electron chi connectivity index (χ4n) is 1.48. The highest BCUT2D eigenvalue weighted by Crippen LogP contribution is 2.41. The maximum Gasteiger partial charge on any atom is 0.0454 e. The van der Waals surface area contributed by atoms with Crippen LogP contribution >= 0.6 is 35.6 Å². The van der Waals surface area contributed by atoms with Gasteiger partial charge in [-0.3, -0.25) is 0 Å². The first-order valence-electron chi connectivity index (χ1n) is 4.39. The second-order valence-corrected chi connectivity index (χ2v) is 4.37. The van der Waals surface area contributed by atoms with Crippen molar-refractivity contribution in [1.29, 1.82) is 0 Å². The Balaban J connectivity index is 0.000000980. The topological polar surface area (TPSA) is 26.0 Å². The van der Waals surface area contributed by atoms with Crippen LogP contribution in [0.15, 0.2) is 18.2 Å². The molecule has 0 unspecified atom stereocenters. The quantitative estimate of drug-likeness (QED) is 0.851. The maximum atomic E-state index is 6.03. The van der Waals surface area contributed by atoms with Crippen molar-refractivity contribution in [2.24, 2.45) is 11.7 Å². The molecule has 0 spiro atoms. The van der Waals surface area contributed by atoms with Crippen LogP contribution in [0.4, 0.5) is 0 Å². The van der Waals surface area contributed by atoms with Gasteiger partial charge in [0.15, 0.2) is 0 Å². The van der Waals surface area contributed by atoms with Crippen molar-refractivity contribution in [1.82, 2.24) is 0 Å². The third-order valence-corrected chi connectivity index (χ3v) is 3.03. The molecule has 0 aromatic heterocycles. The SMILES string of the molecule is Cl.N[C@@H](c1cc(Cl)ccc1Cl)C1CC1. The van der Waals surface area contributed by atoms with Gasteiger partial charge in [0.25, 0.3) is 0 Å². The highest BCUT2D eigenvalue weighted by molar-refractivity contribution is 6.33. The molecule has 1 nitrogen and oxygen atoms in total. The lowest BCUT2D eigenvalue weighted by atomic mass is 10.0. The second kappa shape index (κ2) is 4.71. The van der Waals surface area contributed by atoms with Crippen molar-refractivity contribution >= 4 is 35.6 Å². The minimum absolute atomic E-state index is 0. The summed E-state index contributed by atoms with van der Waals surface area (Å²) in [7, 11) is 0. The third-order valence-electron chi connectivity index (χ3n) is 2.45. The molecular formula is C10H12Cl3N. The van der Waals surface area contributed by atoms with Crippen LogP contribution in [0.5, 0.6) is 0 Å². The van der Waals surface area contributed by atoms with E-state index in [4.69, 9.17) is 28.9 Å². The molecule has 0 heterocycles. The lowest BCUT2D eigenvalue weighted by molar-refractivity contribution is 0.634. The molecule has 0 radical (unpaired) electrons. The van der Waals surface area contributed by atoms with Crippen LogP contribution in [-0.2, 0) is 0 Å². The molecule has 1 fully saturated rings. The zero-order valence-corrected chi connectivity index (χ0v) is 9.87. The summed E-state index contributed by atoms with van der Waals surface area (Å²) in [6.45, 7) is 0. The molecule has 2 N–H and O–H groups in total. The van der Waals surface area contributed by atoms with Gasteiger partial charge in [0, 0.05) is 16.1 Å². The zero-order chi connectivity index (χ0) is 9.42. The van der Waals surface area contributed by atoms with Crippen molar-refractivity contribution in [3.8, 4) is 0 Å². The van der Waals surface area contributed by atoms with Crippen LogP contribution in [-0.4, -0.2) is 0 Å². The van der Waals surface area contributed by atoms with Gasteiger partial charge in [-0.1, -0.05) is 23.2 Å². The minimum Gasteiger partial charge on any atom is -0.324 e. The number of halogens is 3. The van der Waals surface area contributed by atoms with E-state index in [1.807, 2.05) is 12.1 Å². The van der Waals surface area contributed by atoms with Crippen molar-refractivity contribution in [2.45, 2.75) is 18.9 Å². The van der Waals surface area contributed by atoms with Crippen LogP contribution in [0, 0.1) is 5.92 Å². The van der Waals surface area contributed by atoms with Crippen LogP contribution in [0.1, 0.15) is 24.4 Å². The molecule has 0 bridgehead atoms. The van der Waals surface area contributed by atoms with Crippen LogP contribution in [0.25, 0.3) is 0 Å². The van der Waals surface area contributed by atoms with E-state index in [1.54, 1.807) is 6.07 Å². The van der Waals surface area contributed by atoms with Crippen LogP contribution in [0.2, 0.25) is 10.0 Å². The molecule has 1 aromatic rings. The average molecular weight is 253 g/mol. The van der Waals surface area contributed by atoms with E-state index in [2.05, 4.69) is 0 Å². The second-order valence-electron chi connectivity index (χ2n) is 3.53. The highest BCUT2D eigenvalue weighted by Gasteiger charge is 2.30. The Morgan fingerprint density at radius 2 is 1.93 bits per heavy atom. The Kier molecular flexibility index (Phi) is 4.08. The molecule has 4 heteroatoms. The summed E-state index contributed by atoms with van der Waals surface area (Å²) in [5.41, 5.74) is 7.01. The van der Waals surface area contributed by atoms with Crippen LogP contribution in [0.3, 0.4) is 0 Å². The van der Waals surface area contributed by atoms with Crippen molar-refractivity contribution in [3.63, 3.8) is 0 Å². The van der Waals surface area contributed by atoms with Gasteiger partial charge in [-0.05, 0) is 42.5 Å². The van der Waals surface area contributed by atoms with Crippen molar-refractivity contribution in [3.05, 3.63) is 33.8 Å². The summed E-state index contributed by atoms with van der Waals surface area (Å²) in [4.78, 5) is 0. The number of nitrogens with two attached hydrogens (primary N) is 1. The Labute approximate surface area is 100.0 Å². The smallest absolute Gasteiger partial charge is 0.0454 e. The van der Waals surface area contributed by atoms with E-state index in [9.17, 15) is 0 Å². The van der Waals surface area contributed by atoms with Gasteiger partial charge in [0.2, 0.25) is 0 Å². The number of benzene rings is 1. The summed E-state index contributed by atoms with van der Waals surface area (Å²) in [5, 5.41) is 1.43. The molecule has 1 aliphatic carbocycles. The molecule has 2 rings (SSSR count). The highest BCUT2D eigenvalue weighted by atomic mass is 35.5. The van der Waals surface area contributed by atoms with E-state index in [0.29, 0.717) is 10.9 Å². The first-order valence-corrected chi connectivity index (χ1v) is 5.14. The van der Waals surface area contributed by atoms with E-state index in [0.717, 1.165) is 10.6 Å². The Bertz CT molecular complexity index is 323. The molecule has 1 aromatic carbocycles. The minimum atomic E-state index is 0. The summed E-state index contributed by atoms with van der Waals surface area (Å²) >= 11 is 11.9. The normalized spacial score (nSPS) is 17.4. The molecule has 78 valence electrons. The first kappa shape index (κ1) is 12.1. The summed E-state index contributed by atoms with van der Waals surface area (Å²) in [5.74, 6) is 0.607. The largest absolute Gasteiger partial charge is 0.324 e. The molecule has 1 aliphatic rings. The molecule has 1 atom stereocenters. The summed E-state index contributed by atoms with van der Waals surface area (Å²) in [6.07, 6.45) is 2.42. The predicted octanol–water partition coefficient (Wildman–Crippen LogP) is 3.83. The van der Waals surface area contributed by atoms with Gasteiger partial charge in [0.1, 0.15) is 0 Å². The average Bonchev–Trinajstić information content (AvgIpc) is 2.91. The van der Waals surface area contributed by atoms with E-state index >= 15 is 0 Å². The zero-order valence-electron chi connectivity index (χ0n) is 7.54. The van der Waals surface area contributed by atoms with Gasteiger partial charge in [0.05, 0.1) is 0 Å². The van der Waals surface area contributed by atoms with Crippen LogP contribution < -0.4 is 5.73 Å². The molecule has 14 heavy (non-hydrogen) atoms. The molecule has 1 saturated carbocycles. The van der Waals surface area contributed by atoms with Gasteiger partial charge >= 0.3 is 0 Å². The van der Waals surface area contributed by atoms with Gasteiger partial charge in [-0.2, -0.15) is 0 Å². The Hall–Kier alpha value is 0.0500.